The van der Waals surface area contributed by atoms with Gasteiger partial charge in [0.25, 0.3) is 5.91 Å². The van der Waals surface area contributed by atoms with Crippen molar-refractivity contribution in [1.29, 1.82) is 0 Å². The molecule has 132 valence electrons. The molecule has 2 aliphatic heterocycles. The number of ether oxygens (including phenoxy) is 2. The number of hydrogen-bond donors (Lipinski definition) is 2. The molecule has 2 aliphatic rings. The summed E-state index contributed by atoms with van der Waals surface area (Å²) in [6, 6.07) is 3.07. The molecule has 0 spiro atoms. The molecule has 1 aromatic heterocycles. The molecule has 0 aliphatic carbocycles. The number of amides is 1. The van der Waals surface area contributed by atoms with Gasteiger partial charge < -0.3 is 24.6 Å². The van der Waals surface area contributed by atoms with Gasteiger partial charge in [0, 0.05) is 44.0 Å². The predicted molar refractivity (Wildman–Crippen MR) is 84.9 cm³/mol. The molecule has 3 rings (SSSR count). The topological polar surface area (TPSA) is 95.4 Å². The fraction of sp³-hybridized carbons (Fsp3) is 0.625. The Balaban J connectivity index is 1.59. The third-order valence-electron chi connectivity index (χ3n) is 4.63. The van der Waals surface area contributed by atoms with Gasteiger partial charge in [-0.1, -0.05) is 0 Å². The van der Waals surface area contributed by atoms with Crippen molar-refractivity contribution >= 4 is 5.91 Å². The number of nitrogens with zero attached hydrogens (tertiary/aromatic N) is 3. The van der Waals surface area contributed by atoms with Gasteiger partial charge in [-0.15, -0.1) is 0 Å². The molecule has 0 unspecified atom stereocenters. The van der Waals surface area contributed by atoms with E-state index in [-0.39, 0.29) is 18.6 Å². The molecule has 3 atom stereocenters. The van der Waals surface area contributed by atoms with E-state index < -0.39 is 12.2 Å². The second-order valence-electron chi connectivity index (χ2n) is 6.08. The van der Waals surface area contributed by atoms with Crippen LogP contribution in [0.15, 0.2) is 18.3 Å². The fourth-order valence-electron chi connectivity index (χ4n) is 3.18. The zero-order valence-electron chi connectivity index (χ0n) is 13.7. The van der Waals surface area contributed by atoms with Gasteiger partial charge in [-0.2, -0.15) is 0 Å². The van der Waals surface area contributed by atoms with Gasteiger partial charge in [-0.05, 0) is 6.07 Å². The van der Waals surface area contributed by atoms with Crippen molar-refractivity contribution in [2.75, 3.05) is 46.5 Å². The summed E-state index contributed by atoms with van der Waals surface area (Å²) in [5, 5.41) is 19.9. The molecule has 2 N–H and O–H groups in total. The van der Waals surface area contributed by atoms with E-state index in [0.717, 1.165) is 0 Å². The fourth-order valence-corrected chi connectivity index (χ4v) is 3.18. The van der Waals surface area contributed by atoms with Crippen LogP contribution in [0.2, 0.25) is 0 Å². The minimum absolute atomic E-state index is 0.0594. The molecule has 0 bridgehead atoms. The highest BCUT2D eigenvalue weighted by Crippen LogP contribution is 2.18. The number of aliphatic hydroxyl groups excluding tert-OH is 2. The molecule has 0 aromatic carbocycles. The third kappa shape index (κ3) is 3.51. The summed E-state index contributed by atoms with van der Waals surface area (Å²) in [5.41, 5.74) is 0.548. The molecule has 0 radical (unpaired) electrons. The van der Waals surface area contributed by atoms with Crippen LogP contribution < -0.4 is 4.74 Å². The van der Waals surface area contributed by atoms with Crippen LogP contribution in [-0.4, -0.2) is 95.7 Å². The average molecular weight is 337 g/mol. The Kier molecular flexibility index (Phi) is 5.30. The van der Waals surface area contributed by atoms with Crippen molar-refractivity contribution in [3.63, 3.8) is 0 Å². The maximum atomic E-state index is 12.6. The zero-order chi connectivity index (χ0) is 17.1. The molecule has 1 aromatic rings. The Bertz CT molecular complexity index is 577. The first-order valence-electron chi connectivity index (χ1n) is 8.07. The molecular weight excluding hydrogens is 314 g/mol. The molecule has 3 heterocycles. The second-order valence-corrected chi connectivity index (χ2v) is 6.08. The van der Waals surface area contributed by atoms with E-state index >= 15 is 0 Å². The van der Waals surface area contributed by atoms with Crippen LogP contribution in [0.5, 0.6) is 5.88 Å². The third-order valence-corrected chi connectivity index (χ3v) is 4.63. The number of piperazine rings is 1. The van der Waals surface area contributed by atoms with Gasteiger partial charge in [-0.25, -0.2) is 4.98 Å². The van der Waals surface area contributed by atoms with Crippen LogP contribution in [0.4, 0.5) is 0 Å². The van der Waals surface area contributed by atoms with E-state index in [9.17, 15) is 15.0 Å². The predicted octanol–water partition coefficient (Wildman–Crippen LogP) is -1.03. The summed E-state index contributed by atoms with van der Waals surface area (Å²) < 4.78 is 10.4. The highest BCUT2D eigenvalue weighted by Gasteiger charge is 2.37. The number of hydrogen-bond acceptors (Lipinski definition) is 7. The molecule has 2 saturated heterocycles. The van der Waals surface area contributed by atoms with Crippen molar-refractivity contribution in [2.45, 2.75) is 18.2 Å². The van der Waals surface area contributed by atoms with Crippen molar-refractivity contribution in [2.24, 2.45) is 0 Å². The maximum Gasteiger partial charge on any atom is 0.254 e. The van der Waals surface area contributed by atoms with Crippen LogP contribution in [0, 0.1) is 0 Å². The van der Waals surface area contributed by atoms with Gasteiger partial charge in [0.15, 0.2) is 0 Å². The van der Waals surface area contributed by atoms with Gasteiger partial charge in [0.1, 0.15) is 6.10 Å². The van der Waals surface area contributed by atoms with E-state index in [1.54, 1.807) is 23.2 Å². The number of carbonyl (C=O) groups excluding carboxylic acids is 1. The second kappa shape index (κ2) is 7.43. The van der Waals surface area contributed by atoms with Crippen LogP contribution in [0.25, 0.3) is 0 Å². The molecule has 8 nitrogen and oxygen atoms in total. The number of pyridine rings is 1. The summed E-state index contributed by atoms with van der Waals surface area (Å²) >= 11 is 0. The average Bonchev–Trinajstić information content (AvgIpc) is 2.63. The number of aromatic nitrogens is 1. The van der Waals surface area contributed by atoms with Gasteiger partial charge in [0.2, 0.25) is 5.88 Å². The van der Waals surface area contributed by atoms with Crippen LogP contribution in [0.1, 0.15) is 10.4 Å². The molecule has 8 heteroatoms. The summed E-state index contributed by atoms with van der Waals surface area (Å²) in [6.07, 6.45) is -0.113. The molecule has 1 amide bonds. The van der Waals surface area contributed by atoms with Crippen molar-refractivity contribution in [3.8, 4) is 5.88 Å². The lowest BCUT2D eigenvalue weighted by molar-refractivity contribution is -0.136. The van der Waals surface area contributed by atoms with Crippen LogP contribution in [-0.2, 0) is 4.74 Å². The van der Waals surface area contributed by atoms with E-state index in [1.165, 1.54) is 7.11 Å². The number of rotatable bonds is 3. The summed E-state index contributed by atoms with van der Waals surface area (Å²) in [7, 11) is 1.52. The number of methoxy groups -OCH3 is 1. The first-order valence-corrected chi connectivity index (χ1v) is 8.07. The lowest BCUT2D eigenvalue weighted by Gasteiger charge is -2.43. The molecule has 24 heavy (non-hydrogen) atoms. The number of carbonyl (C=O) groups is 1. The smallest absolute Gasteiger partial charge is 0.254 e. The molecule has 2 fully saturated rings. The quantitative estimate of drug-likeness (QED) is 0.728. The van der Waals surface area contributed by atoms with Gasteiger partial charge >= 0.3 is 0 Å². The monoisotopic (exact) mass is 337 g/mol. The zero-order valence-corrected chi connectivity index (χ0v) is 13.7. The van der Waals surface area contributed by atoms with E-state index in [1.807, 2.05) is 0 Å². The SMILES string of the molecule is COc1cc(C(=O)N2CCN([C@@H]3COC[C@@H](O)[C@H]3O)CC2)ccn1. The standard InChI is InChI=1S/C16H23N3O5/c1-23-14-8-11(2-3-17-14)16(22)19-6-4-18(5-7-19)12-9-24-10-13(20)15(12)21/h2-3,8,12-13,15,20-21H,4-7,9-10H2,1H3/t12-,13-,15+/m1/s1. The number of aliphatic hydroxyl groups is 2. The first-order chi connectivity index (χ1) is 11.6. The summed E-state index contributed by atoms with van der Waals surface area (Å²) in [4.78, 5) is 20.4. The summed E-state index contributed by atoms with van der Waals surface area (Å²) in [6.45, 7) is 2.94. The largest absolute Gasteiger partial charge is 0.481 e. The first kappa shape index (κ1) is 17.1. The highest BCUT2D eigenvalue weighted by molar-refractivity contribution is 5.94. The highest BCUT2D eigenvalue weighted by atomic mass is 16.5. The summed E-state index contributed by atoms with van der Waals surface area (Å²) in [5.74, 6) is 0.353. The Morgan fingerprint density at radius 3 is 2.75 bits per heavy atom. The Morgan fingerprint density at radius 2 is 2.04 bits per heavy atom. The lowest BCUT2D eigenvalue weighted by atomic mass is 10.0. The molecular formula is C16H23N3O5. The molecule has 0 saturated carbocycles. The lowest BCUT2D eigenvalue weighted by Crippen LogP contribution is -2.60. The van der Waals surface area contributed by atoms with Crippen molar-refractivity contribution < 1.29 is 24.5 Å². The van der Waals surface area contributed by atoms with Crippen molar-refractivity contribution in [3.05, 3.63) is 23.9 Å². The van der Waals surface area contributed by atoms with Crippen LogP contribution >= 0.6 is 0 Å². The minimum Gasteiger partial charge on any atom is -0.481 e. The van der Waals surface area contributed by atoms with Gasteiger partial charge in [0.05, 0.1) is 32.5 Å². The van der Waals surface area contributed by atoms with E-state index in [4.69, 9.17) is 9.47 Å². The van der Waals surface area contributed by atoms with Crippen molar-refractivity contribution in [1.82, 2.24) is 14.8 Å². The van der Waals surface area contributed by atoms with Crippen LogP contribution in [0.3, 0.4) is 0 Å². The Labute approximate surface area is 140 Å². The Hall–Kier alpha value is -1.74. The normalized spacial score (nSPS) is 28.6. The minimum atomic E-state index is -0.854. The van der Waals surface area contributed by atoms with E-state index in [2.05, 4.69) is 9.88 Å². The van der Waals surface area contributed by atoms with Gasteiger partial charge in [-0.3, -0.25) is 9.69 Å². The Morgan fingerprint density at radius 1 is 1.29 bits per heavy atom. The maximum absolute atomic E-state index is 12.6. The van der Waals surface area contributed by atoms with E-state index in [0.29, 0.717) is 44.2 Å².